The minimum Gasteiger partial charge on any atom is -0.368 e. The van der Waals surface area contributed by atoms with E-state index in [-0.39, 0.29) is 23.6 Å². The summed E-state index contributed by atoms with van der Waals surface area (Å²) in [5.74, 6) is -1.28. The molecule has 0 rings (SSSR count). The number of nitrogens with one attached hydrogen (secondary N) is 4. The van der Waals surface area contributed by atoms with Gasteiger partial charge in [-0.3, -0.25) is 24.0 Å². The number of carbonyl (C=O) groups is 5. The minimum atomic E-state index is -0.704. The summed E-state index contributed by atoms with van der Waals surface area (Å²) in [6, 6.07) is -2.01. The van der Waals surface area contributed by atoms with Crippen LogP contribution in [0, 0.1) is 0 Å². The fourth-order valence-corrected chi connectivity index (χ4v) is 7.09. The fraction of sp³-hybridized carbons (Fsp3) is 0.848. The van der Waals surface area contributed by atoms with Gasteiger partial charge < -0.3 is 44.2 Å². The Labute approximate surface area is 359 Å². The number of unbranched alkanes of at least 4 members (excludes halogenated alkanes) is 20. The van der Waals surface area contributed by atoms with Crippen molar-refractivity contribution in [1.29, 1.82) is 0 Å². The second-order valence-electron chi connectivity index (χ2n) is 16.4. The van der Waals surface area contributed by atoms with Gasteiger partial charge in [0.25, 0.3) is 0 Å². The highest BCUT2D eigenvalue weighted by Gasteiger charge is 2.26. The summed E-state index contributed by atoms with van der Waals surface area (Å²) < 4.78 is 0. The van der Waals surface area contributed by atoms with Crippen LogP contribution in [0.5, 0.6) is 0 Å². The molecule has 0 aliphatic heterocycles. The maximum Gasteiger partial charge on any atom is 0.243 e. The lowest BCUT2D eigenvalue weighted by atomic mass is 10.0. The molecule has 0 aromatic rings. The molecule has 0 saturated carbocycles. The summed E-state index contributed by atoms with van der Waals surface area (Å²) >= 11 is 0. The topological polar surface area (TPSA) is 238 Å². The largest absolute Gasteiger partial charge is 0.368 e. The molecular weight excluding hydrogens is 745 g/mol. The molecule has 13 nitrogen and oxygen atoms in total. The van der Waals surface area contributed by atoms with Gasteiger partial charge in [0, 0.05) is 19.4 Å². The predicted molar refractivity (Wildman–Crippen MR) is 243 cm³/mol. The highest BCUT2D eigenvalue weighted by Crippen LogP contribution is 2.13. The minimum absolute atomic E-state index is 0.126. The lowest BCUT2D eigenvalue weighted by Gasteiger charge is -2.23. The molecule has 0 radical (unpaired) electrons. The van der Waals surface area contributed by atoms with E-state index in [0.29, 0.717) is 71.1 Å². The van der Waals surface area contributed by atoms with Crippen molar-refractivity contribution in [1.82, 2.24) is 21.3 Å². The van der Waals surface area contributed by atoms with E-state index < -0.39 is 24.0 Å². The number of carbonyl (C=O) groups excluding carboxylic acids is 5. The van der Waals surface area contributed by atoms with Crippen molar-refractivity contribution >= 4 is 29.5 Å². The summed E-state index contributed by atoms with van der Waals surface area (Å²) in [7, 11) is 0. The van der Waals surface area contributed by atoms with Crippen LogP contribution in [0.25, 0.3) is 0 Å². The van der Waals surface area contributed by atoms with E-state index >= 15 is 0 Å². The number of nitrogens with two attached hydrogens (primary N) is 4. The highest BCUT2D eigenvalue weighted by atomic mass is 16.2. The molecule has 12 N–H and O–H groups in total. The van der Waals surface area contributed by atoms with Gasteiger partial charge >= 0.3 is 0 Å². The van der Waals surface area contributed by atoms with Gasteiger partial charge in [-0.25, -0.2) is 0 Å². The van der Waals surface area contributed by atoms with Gasteiger partial charge in [0.1, 0.15) is 18.1 Å². The van der Waals surface area contributed by atoms with E-state index in [9.17, 15) is 24.0 Å². The molecule has 344 valence electrons. The standard InChI is InChI=1S/C46H90N8O5/c1-2-3-4-5-6-7-8-9-10-12-15-19-22-34-43(56)53-41(32-25-28-37-49)46(59)54-40(31-24-27-36-48)45(58)51-38-29-20-17-14-11-13-16-18-21-33-42(55)52-39(44(50)57)30-23-26-35-47/h7-8,39-41H,2-6,9-38,47-49H2,1H3,(H2,50,57)(H,51,58)(H,52,55)(H,53,56)(H,54,59)/b8-7+. The van der Waals surface area contributed by atoms with Crippen LogP contribution in [-0.2, 0) is 24.0 Å². The molecule has 0 fully saturated rings. The fourth-order valence-electron chi connectivity index (χ4n) is 7.09. The average molecular weight is 835 g/mol. The van der Waals surface area contributed by atoms with Gasteiger partial charge in [-0.05, 0) is 122 Å². The first-order chi connectivity index (χ1) is 28.7. The van der Waals surface area contributed by atoms with Crippen LogP contribution in [0.1, 0.15) is 206 Å². The molecule has 13 heteroatoms. The number of rotatable bonds is 43. The SMILES string of the molecule is CCCCCC/C=C/CCCCCCCC(=O)NC(CCCCN)C(=O)NC(CCCCN)C(=O)NCCCCCCCCCCCC(=O)NC(CCCCN)C(N)=O. The molecule has 0 aromatic carbocycles. The monoisotopic (exact) mass is 835 g/mol. The Hall–Kier alpha value is -3.03. The lowest BCUT2D eigenvalue weighted by Crippen LogP contribution is -2.53. The molecule has 0 aromatic heterocycles. The first-order valence-electron chi connectivity index (χ1n) is 23.9. The zero-order valence-electron chi connectivity index (χ0n) is 37.5. The number of primary amides is 1. The summed E-state index contributed by atoms with van der Waals surface area (Å²) in [5, 5.41) is 11.7. The summed E-state index contributed by atoms with van der Waals surface area (Å²) in [4.78, 5) is 63.5. The Morgan fingerprint density at radius 2 is 0.831 bits per heavy atom. The van der Waals surface area contributed by atoms with Gasteiger partial charge in [0.05, 0.1) is 0 Å². The molecular formula is C46H90N8O5. The summed E-state index contributed by atoms with van der Waals surface area (Å²) in [5.41, 5.74) is 22.4. The maximum absolute atomic E-state index is 13.5. The number of hydrogen-bond donors (Lipinski definition) is 8. The van der Waals surface area contributed by atoms with Crippen LogP contribution in [0.3, 0.4) is 0 Å². The number of hydrogen-bond acceptors (Lipinski definition) is 8. The third kappa shape index (κ3) is 35.4. The van der Waals surface area contributed by atoms with Crippen LogP contribution in [-0.4, -0.2) is 73.8 Å². The number of amides is 5. The van der Waals surface area contributed by atoms with Gasteiger partial charge in [0.2, 0.25) is 29.5 Å². The molecule has 0 aliphatic carbocycles. The van der Waals surface area contributed by atoms with E-state index in [0.717, 1.165) is 116 Å². The smallest absolute Gasteiger partial charge is 0.243 e. The molecule has 0 spiro atoms. The van der Waals surface area contributed by atoms with Crippen molar-refractivity contribution in [3.05, 3.63) is 12.2 Å². The van der Waals surface area contributed by atoms with Crippen molar-refractivity contribution in [2.75, 3.05) is 26.2 Å². The Balaban J connectivity index is 4.48. The van der Waals surface area contributed by atoms with Gasteiger partial charge in [-0.1, -0.05) is 103 Å². The first kappa shape index (κ1) is 56.0. The Morgan fingerprint density at radius 1 is 0.441 bits per heavy atom. The second-order valence-corrected chi connectivity index (χ2v) is 16.4. The van der Waals surface area contributed by atoms with Crippen LogP contribution in [0.2, 0.25) is 0 Å². The van der Waals surface area contributed by atoms with E-state index in [4.69, 9.17) is 22.9 Å². The van der Waals surface area contributed by atoms with E-state index in [1.54, 1.807) is 0 Å². The zero-order valence-corrected chi connectivity index (χ0v) is 37.5. The molecule has 0 bridgehead atoms. The Bertz CT molecular complexity index is 1090. The van der Waals surface area contributed by atoms with Crippen molar-refractivity contribution in [3.63, 3.8) is 0 Å². The van der Waals surface area contributed by atoms with Crippen LogP contribution >= 0.6 is 0 Å². The Morgan fingerprint density at radius 3 is 1.29 bits per heavy atom. The average Bonchev–Trinajstić information content (AvgIpc) is 3.21. The van der Waals surface area contributed by atoms with Gasteiger partial charge in [0.15, 0.2) is 0 Å². The molecule has 0 heterocycles. The Kier molecular flexibility index (Phi) is 39.6. The van der Waals surface area contributed by atoms with Crippen molar-refractivity contribution in [2.45, 2.75) is 224 Å². The quantitative estimate of drug-likeness (QED) is 0.0246. The summed E-state index contributed by atoms with van der Waals surface area (Å²) in [6.07, 6.45) is 33.2. The van der Waals surface area contributed by atoms with E-state index in [1.165, 1.54) is 38.5 Å². The normalized spacial score (nSPS) is 12.9. The molecule has 0 saturated heterocycles. The van der Waals surface area contributed by atoms with Crippen LogP contribution in [0.15, 0.2) is 12.2 Å². The van der Waals surface area contributed by atoms with Crippen molar-refractivity contribution in [2.24, 2.45) is 22.9 Å². The van der Waals surface area contributed by atoms with Crippen LogP contribution in [0.4, 0.5) is 0 Å². The number of allylic oxidation sites excluding steroid dienone is 2. The molecule has 3 atom stereocenters. The summed E-state index contributed by atoms with van der Waals surface area (Å²) in [6.45, 7) is 4.36. The van der Waals surface area contributed by atoms with Crippen LogP contribution < -0.4 is 44.2 Å². The lowest BCUT2D eigenvalue weighted by molar-refractivity contribution is -0.132. The maximum atomic E-state index is 13.5. The van der Waals surface area contributed by atoms with E-state index in [2.05, 4.69) is 40.3 Å². The van der Waals surface area contributed by atoms with Crippen molar-refractivity contribution in [3.8, 4) is 0 Å². The second kappa shape index (κ2) is 41.7. The van der Waals surface area contributed by atoms with E-state index in [1.807, 2.05) is 0 Å². The van der Waals surface area contributed by atoms with Gasteiger partial charge in [-0.15, -0.1) is 0 Å². The zero-order chi connectivity index (χ0) is 43.6. The molecule has 3 unspecified atom stereocenters. The molecule has 0 aliphatic rings. The third-order valence-corrected chi connectivity index (χ3v) is 10.8. The third-order valence-electron chi connectivity index (χ3n) is 10.8. The van der Waals surface area contributed by atoms with Gasteiger partial charge in [-0.2, -0.15) is 0 Å². The molecule has 59 heavy (non-hydrogen) atoms. The highest BCUT2D eigenvalue weighted by molar-refractivity contribution is 5.92. The first-order valence-corrected chi connectivity index (χ1v) is 23.9. The predicted octanol–water partition coefficient (Wildman–Crippen LogP) is 6.59. The molecule has 5 amide bonds. The van der Waals surface area contributed by atoms with Crippen molar-refractivity contribution < 1.29 is 24.0 Å².